The van der Waals surface area contributed by atoms with E-state index in [1.165, 1.54) is 12.4 Å². The zero-order chi connectivity index (χ0) is 7.61. The van der Waals surface area contributed by atoms with Crippen LogP contribution < -0.4 is 4.52 Å². The number of rotatable bonds is 2. The average molecular weight is 180 g/mol. The molecule has 0 aliphatic heterocycles. The van der Waals surface area contributed by atoms with Gasteiger partial charge in [0, 0.05) is 11.8 Å². The largest absolute Gasteiger partial charge is 0.421 e. The van der Waals surface area contributed by atoms with Crippen molar-refractivity contribution in [3.63, 3.8) is 0 Å². The minimum absolute atomic E-state index is 0.230. The smallest absolute Gasteiger partial charge is 0.375 e. The van der Waals surface area contributed by atoms with E-state index >= 15 is 0 Å². The van der Waals surface area contributed by atoms with Crippen LogP contribution in [-0.2, 0) is 11.8 Å². The topological polar surface area (TPSA) is 78.4 Å². The summed E-state index contributed by atoms with van der Waals surface area (Å²) in [7, 11) is 0. The second-order valence-corrected chi connectivity index (χ2v) is 4.11. The van der Waals surface area contributed by atoms with E-state index in [4.69, 9.17) is 9.79 Å². The third-order valence-corrected chi connectivity index (χ3v) is 1.37. The van der Waals surface area contributed by atoms with Crippen LogP contribution in [0.15, 0.2) is 12.4 Å². The van der Waals surface area contributed by atoms with Crippen LogP contribution >= 0.6 is 6.72 Å². The lowest BCUT2D eigenvalue weighted by Gasteiger charge is -2.05. The summed E-state index contributed by atoms with van der Waals surface area (Å²) in [4.78, 5) is 17.2. The zero-order valence-corrected chi connectivity index (χ0v) is 6.47. The molecule has 0 spiro atoms. The van der Waals surface area contributed by atoms with E-state index in [1.54, 1.807) is 0 Å². The van der Waals surface area contributed by atoms with E-state index in [-0.39, 0.29) is 5.75 Å². The maximum Gasteiger partial charge on any atom is 0.375 e. The van der Waals surface area contributed by atoms with Crippen molar-refractivity contribution in [1.82, 2.24) is 10.2 Å². The molecule has 0 atom stereocenters. The van der Waals surface area contributed by atoms with Crippen LogP contribution in [0.2, 0.25) is 0 Å². The Balaban J connectivity index is 2.66. The fourth-order valence-electron chi connectivity index (χ4n) is 0.426. The predicted molar refractivity (Wildman–Crippen MR) is 37.9 cm³/mol. The number of nitrogens with zero attached hydrogens (tertiary/aromatic N) is 1. The first-order chi connectivity index (χ1) is 4.58. The minimum atomic E-state index is -3.58. The number of hydrogen-bond acceptors (Lipinski definition) is 3. The summed E-state index contributed by atoms with van der Waals surface area (Å²) in [6, 6.07) is 0. The Labute approximate surface area is 61.9 Å². The average Bonchev–Trinajstić information content (AvgIpc) is 2.12. The highest BCUT2D eigenvalue weighted by molar-refractivity contribution is 8.06. The molecule has 0 saturated heterocycles. The highest BCUT2D eigenvalue weighted by Gasteiger charge is 2.09. The minimum Gasteiger partial charge on any atom is -0.421 e. The van der Waals surface area contributed by atoms with Crippen molar-refractivity contribution in [2.75, 3.05) is 0 Å². The molecule has 1 aromatic heterocycles. The molecule has 10 heavy (non-hydrogen) atoms. The van der Waals surface area contributed by atoms with E-state index < -0.39 is 6.72 Å². The number of hydrogen-bond donors (Lipinski definition) is 3. The van der Waals surface area contributed by atoms with Crippen molar-refractivity contribution >= 4 is 18.5 Å². The number of nitrogens with one attached hydrogen (secondary N) is 1. The van der Waals surface area contributed by atoms with Gasteiger partial charge in [-0.25, -0.2) is 0 Å². The Morgan fingerprint density at radius 3 is 2.80 bits per heavy atom. The third-order valence-electron chi connectivity index (χ3n) is 0.697. The van der Waals surface area contributed by atoms with Crippen molar-refractivity contribution in [1.29, 1.82) is 0 Å². The molecule has 0 aromatic carbocycles. The fraction of sp³-hybridized carbons (Fsp3) is 0. The van der Waals surface area contributed by atoms with Crippen LogP contribution in [0, 0.1) is 0 Å². The molecule has 0 radical (unpaired) electrons. The van der Waals surface area contributed by atoms with Crippen LogP contribution in [-0.4, -0.2) is 20.0 Å². The predicted octanol–water partition coefficient (Wildman–Crippen LogP) is -0.00240. The molecular formula is C3H5N2O3PS. The maximum absolute atomic E-state index is 8.61. The van der Waals surface area contributed by atoms with Gasteiger partial charge in [-0.1, -0.05) is 0 Å². The molecule has 1 aromatic rings. The number of aromatic amines is 1. The SMILES string of the molecule is OP(O)(=S)Oc1cn[nH]c1. The summed E-state index contributed by atoms with van der Waals surface area (Å²) >= 11 is 4.19. The van der Waals surface area contributed by atoms with Gasteiger partial charge in [0.05, 0.1) is 12.4 Å². The van der Waals surface area contributed by atoms with Crippen molar-refractivity contribution in [2.24, 2.45) is 0 Å². The number of H-pyrrole nitrogens is 1. The third kappa shape index (κ3) is 2.45. The summed E-state index contributed by atoms with van der Waals surface area (Å²) in [5.74, 6) is 0.230. The fourth-order valence-corrected chi connectivity index (χ4v) is 1.06. The molecular weight excluding hydrogens is 175 g/mol. The second kappa shape index (κ2) is 2.67. The Kier molecular flexibility index (Phi) is 2.05. The highest BCUT2D eigenvalue weighted by Crippen LogP contribution is 2.37. The van der Waals surface area contributed by atoms with Gasteiger partial charge >= 0.3 is 6.72 Å². The molecule has 0 aliphatic rings. The molecule has 7 heteroatoms. The van der Waals surface area contributed by atoms with Crippen LogP contribution in [0.25, 0.3) is 0 Å². The normalized spacial score (nSPS) is 11.4. The summed E-state index contributed by atoms with van der Waals surface area (Å²) in [6.07, 6.45) is 2.67. The van der Waals surface area contributed by atoms with Gasteiger partial charge in [0.15, 0.2) is 5.75 Å². The van der Waals surface area contributed by atoms with E-state index in [0.717, 1.165) is 0 Å². The molecule has 0 saturated carbocycles. The van der Waals surface area contributed by atoms with Crippen molar-refractivity contribution in [3.05, 3.63) is 12.4 Å². The molecule has 0 fully saturated rings. The van der Waals surface area contributed by atoms with Gasteiger partial charge < -0.3 is 14.3 Å². The van der Waals surface area contributed by atoms with Gasteiger partial charge in [-0.3, -0.25) is 5.10 Å². The zero-order valence-electron chi connectivity index (χ0n) is 4.76. The molecule has 0 unspecified atom stereocenters. The van der Waals surface area contributed by atoms with Crippen LogP contribution in [0.1, 0.15) is 0 Å². The summed E-state index contributed by atoms with van der Waals surface area (Å²) in [6.45, 7) is -3.58. The van der Waals surface area contributed by atoms with Crippen molar-refractivity contribution < 1.29 is 14.3 Å². The van der Waals surface area contributed by atoms with Gasteiger partial charge in [0.2, 0.25) is 0 Å². The second-order valence-electron chi connectivity index (χ2n) is 1.52. The van der Waals surface area contributed by atoms with Crippen LogP contribution in [0.5, 0.6) is 5.75 Å². The molecule has 1 heterocycles. The lowest BCUT2D eigenvalue weighted by Crippen LogP contribution is -1.86. The standard InChI is InChI=1S/C3H5N2O3PS/c6-9(7,10)8-3-1-4-5-2-3/h1-2H,(H,4,5)(H2,6,7,10). The molecule has 3 N–H and O–H groups in total. The molecule has 0 bridgehead atoms. The first-order valence-electron chi connectivity index (χ1n) is 2.32. The first-order valence-corrected chi connectivity index (χ1v) is 4.94. The number of aromatic nitrogens is 2. The highest BCUT2D eigenvalue weighted by atomic mass is 32.5. The Hall–Kier alpha value is -0.420. The molecule has 5 nitrogen and oxygen atoms in total. The van der Waals surface area contributed by atoms with Crippen LogP contribution in [0.4, 0.5) is 0 Å². The van der Waals surface area contributed by atoms with Gasteiger partial charge in [0.1, 0.15) is 0 Å². The summed E-state index contributed by atoms with van der Waals surface area (Å²) in [5, 5.41) is 5.93. The van der Waals surface area contributed by atoms with Crippen molar-refractivity contribution in [2.45, 2.75) is 0 Å². The first kappa shape index (κ1) is 7.68. The Morgan fingerprint density at radius 2 is 2.40 bits per heavy atom. The van der Waals surface area contributed by atoms with Gasteiger partial charge in [-0.05, 0) is 0 Å². The monoisotopic (exact) mass is 180 g/mol. The van der Waals surface area contributed by atoms with Crippen molar-refractivity contribution in [3.8, 4) is 5.75 Å². The molecule has 56 valence electrons. The quantitative estimate of drug-likeness (QED) is 0.558. The van der Waals surface area contributed by atoms with Crippen LogP contribution in [0.3, 0.4) is 0 Å². The van der Waals surface area contributed by atoms with E-state index in [9.17, 15) is 0 Å². The lowest BCUT2D eigenvalue weighted by molar-refractivity contribution is 0.370. The summed E-state index contributed by atoms with van der Waals surface area (Å²) < 4.78 is 4.48. The Bertz CT molecular complexity index is 242. The Morgan fingerprint density at radius 1 is 1.70 bits per heavy atom. The lowest BCUT2D eigenvalue weighted by atomic mass is 10.7. The maximum atomic E-state index is 8.61. The van der Waals surface area contributed by atoms with E-state index in [0.29, 0.717) is 0 Å². The van der Waals surface area contributed by atoms with E-state index in [2.05, 4.69) is 26.5 Å². The molecule has 0 amide bonds. The summed E-state index contributed by atoms with van der Waals surface area (Å²) in [5.41, 5.74) is 0. The molecule has 1 rings (SSSR count). The van der Waals surface area contributed by atoms with Gasteiger partial charge in [-0.15, -0.1) is 0 Å². The van der Waals surface area contributed by atoms with Gasteiger partial charge in [0.25, 0.3) is 0 Å². The molecule has 0 aliphatic carbocycles. The van der Waals surface area contributed by atoms with E-state index in [1.807, 2.05) is 0 Å². The van der Waals surface area contributed by atoms with Gasteiger partial charge in [-0.2, -0.15) is 5.10 Å².